The van der Waals surface area contributed by atoms with Crippen LogP contribution in [0.25, 0.3) is 10.8 Å². The van der Waals surface area contributed by atoms with Crippen molar-refractivity contribution in [2.24, 2.45) is 0 Å². The third kappa shape index (κ3) is 5.88. The number of benzene rings is 3. The van der Waals surface area contributed by atoms with Gasteiger partial charge in [-0.25, -0.2) is 8.42 Å². The molecule has 10 heteroatoms. The summed E-state index contributed by atoms with van der Waals surface area (Å²) in [7, 11) is -3.72. The Balaban J connectivity index is 1.55. The molecule has 1 aliphatic heterocycles. The SMILES string of the molecule is CC[C@H](C(=O)N[C@@H](C)CC)N(Cc1c(Cl)cccc1Cl)C(=O)CCCN1c2cccc3cccc(c23)S1(=O)=O. The lowest BCUT2D eigenvalue weighted by Crippen LogP contribution is -2.50. The second kappa shape index (κ2) is 12.1. The van der Waals surface area contributed by atoms with E-state index in [1.165, 1.54) is 9.21 Å². The van der Waals surface area contributed by atoms with Gasteiger partial charge >= 0.3 is 0 Å². The van der Waals surface area contributed by atoms with E-state index in [2.05, 4.69) is 5.32 Å². The van der Waals surface area contributed by atoms with Crippen molar-refractivity contribution in [2.45, 2.75) is 70.0 Å². The molecule has 0 unspecified atom stereocenters. The van der Waals surface area contributed by atoms with Crippen LogP contribution in [0.15, 0.2) is 59.5 Å². The lowest BCUT2D eigenvalue weighted by Gasteiger charge is -2.32. The molecule has 1 heterocycles. The van der Waals surface area contributed by atoms with Crippen LogP contribution < -0.4 is 9.62 Å². The van der Waals surface area contributed by atoms with Gasteiger partial charge in [0, 0.05) is 46.5 Å². The van der Waals surface area contributed by atoms with E-state index in [9.17, 15) is 18.0 Å². The summed E-state index contributed by atoms with van der Waals surface area (Å²) in [5.41, 5.74) is 1.18. The fraction of sp³-hybridized carbons (Fsp3) is 0.379. The molecule has 3 aromatic rings. The highest BCUT2D eigenvalue weighted by Gasteiger charge is 2.36. The first kappa shape index (κ1) is 29.2. The fourth-order valence-corrected chi connectivity index (χ4v) is 7.20. The van der Waals surface area contributed by atoms with E-state index in [4.69, 9.17) is 23.2 Å². The molecule has 0 fully saturated rings. The molecule has 1 N–H and O–H groups in total. The fourth-order valence-electron chi connectivity index (χ4n) is 4.93. The number of sulfonamides is 1. The number of nitrogens with one attached hydrogen (secondary N) is 1. The zero-order valence-electron chi connectivity index (χ0n) is 22.3. The number of hydrogen-bond acceptors (Lipinski definition) is 4. The zero-order valence-corrected chi connectivity index (χ0v) is 24.6. The Labute approximate surface area is 240 Å². The Bertz CT molecular complexity index is 1470. The minimum absolute atomic E-state index is 0.0443. The first-order chi connectivity index (χ1) is 18.6. The van der Waals surface area contributed by atoms with E-state index in [1.54, 1.807) is 36.4 Å². The Morgan fingerprint density at radius 3 is 2.26 bits per heavy atom. The van der Waals surface area contributed by atoms with E-state index < -0.39 is 16.1 Å². The van der Waals surface area contributed by atoms with Crippen LogP contribution in [0.2, 0.25) is 10.0 Å². The van der Waals surface area contributed by atoms with Crippen LogP contribution in [0.1, 0.15) is 52.0 Å². The zero-order chi connectivity index (χ0) is 28.3. The molecule has 0 spiro atoms. The molecule has 1 aliphatic rings. The second-order valence-corrected chi connectivity index (χ2v) is 12.4. The van der Waals surface area contributed by atoms with E-state index in [0.717, 1.165) is 11.8 Å². The molecule has 0 saturated carbocycles. The van der Waals surface area contributed by atoms with Crippen molar-refractivity contribution in [3.05, 3.63) is 70.2 Å². The average molecular weight is 591 g/mol. The summed E-state index contributed by atoms with van der Waals surface area (Å²) in [6, 6.07) is 15.1. The van der Waals surface area contributed by atoms with Gasteiger partial charge in [-0.2, -0.15) is 0 Å². The molecular formula is C29H33Cl2N3O4S. The third-order valence-electron chi connectivity index (χ3n) is 7.21. The maximum absolute atomic E-state index is 13.7. The van der Waals surface area contributed by atoms with Gasteiger partial charge in [0.25, 0.3) is 10.0 Å². The summed E-state index contributed by atoms with van der Waals surface area (Å²) in [5.74, 6) is -0.517. The summed E-state index contributed by atoms with van der Waals surface area (Å²) < 4.78 is 28.0. The molecule has 39 heavy (non-hydrogen) atoms. The van der Waals surface area contributed by atoms with Crippen molar-refractivity contribution in [3.63, 3.8) is 0 Å². The highest BCUT2D eigenvalue weighted by atomic mass is 35.5. The lowest BCUT2D eigenvalue weighted by molar-refractivity contribution is -0.141. The third-order valence-corrected chi connectivity index (χ3v) is 9.77. The molecule has 208 valence electrons. The number of carbonyl (C=O) groups is 2. The van der Waals surface area contributed by atoms with Gasteiger partial charge in [0.05, 0.1) is 10.6 Å². The van der Waals surface area contributed by atoms with Crippen molar-refractivity contribution < 1.29 is 18.0 Å². The van der Waals surface area contributed by atoms with Crippen LogP contribution in [0.5, 0.6) is 0 Å². The van der Waals surface area contributed by atoms with Gasteiger partial charge in [0.15, 0.2) is 0 Å². The highest BCUT2D eigenvalue weighted by molar-refractivity contribution is 7.93. The molecule has 0 aliphatic carbocycles. The number of halogens is 2. The van der Waals surface area contributed by atoms with Gasteiger partial charge in [0.1, 0.15) is 6.04 Å². The predicted molar refractivity (Wildman–Crippen MR) is 157 cm³/mol. The molecule has 0 saturated heterocycles. The summed E-state index contributed by atoms with van der Waals surface area (Å²) >= 11 is 12.8. The quantitative estimate of drug-likeness (QED) is 0.290. The largest absolute Gasteiger partial charge is 0.352 e. The summed E-state index contributed by atoms with van der Waals surface area (Å²) in [6.45, 7) is 5.94. The molecule has 3 aromatic carbocycles. The number of carbonyl (C=O) groups excluding carboxylic acids is 2. The van der Waals surface area contributed by atoms with Crippen LogP contribution in [0.3, 0.4) is 0 Å². The van der Waals surface area contributed by atoms with Gasteiger partial charge in [-0.3, -0.25) is 13.9 Å². The Morgan fingerprint density at radius 2 is 1.62 bits per heavy atom. The monoisotopic (exact) mass is 589 g/mol. The summed E-state index contributed by atoms with van der Waals surface area (Å²) in [4.78, 5) is 28.7. The van der Waals surface area contributed by atoms with Gasteiger partial charge in [-0.1, -0.05) is 67.4 Å². The average Bonchev–Trinajstić information content (AvgIpc) is 3.13. The van der Waals surface area contributed by atoms with Gasteiger partial charge < -0.3 is 10.2 Å². The topological polar surface area (TPSA) is 86.8 Å². The first-order valence-electron chi connectivity index (χ1n) is 13.2. The molecule has 2 amide bonds. The Morgan fingerprint density at radius 1 is 0.974 bits per heavy atom. The normalized spacial score (nSPS) is 15.3. The van der Waals surface area contributed by atoms with E-state index in [0.29, 0.717) is 33.1 Å². The molecule has 7 nitrogen and oxygen atoms in total. The maximum atomic E-state index is 13.7. The lowest BCUT2D eigenvalue weighted by atomic mass is 10.1. The van der Waals surface area contributed by atoms with Crippen molar-refractivity contribution in [1.29, 1.82) is 0 Å². The molecule has 0 bridgehead atoms. The van der Waals surface area contributed by atoms with E-state index in [-0.39, 0.29) is 48.7 Å². The minimum Gasteiger partial charge on any atom is -0.352 e. The summed E-state index contributed by atoms with van der Waals surface area (Å²) in [5, 5.41) is 5.35. The van der Waals surface area contributed by atoms with Crippen LogP contribution >= 0.6 is 23.2 Å². The van der Waals surface area contributed by atoms with Gasteiger partial charge in [-0.05, 0) is 55.8 Å². The number of amides is 2. The van der Waals surface area contributed by atoms with Crippen molar-refractivity contribution >= 4 is 61.5 Å². The van der Waals surface area contributed by atoms with Gasteiger partial charge in [0.2, 0.25) is 11.8 Å². The van der Waals surface area contributed by atoms with Crippen LogP contribution in [0.4, 0.5) is 5.69 Å². The Hall–Kier alpha value is -2.81. The van der Waals surface area contributed by atoms with Crippen LogP contribution in [0, 0.1) is 0 Å². The Kier molecular flexibility index (Phi) is 9.09. The predicted octanol–water partition coefficient (Wildman–Crippen LogP) is 6.16. The van der Waals surface area contributed by atoms with Crippen LogP contribution in [-0.2, 0) is 26.2 Å². The summed E-state index contributed by atoms with van der Waals surface area (Å²) in [6.07, 6.45) is 1.48. The highest BCUT2D eigenvalue weighted by Crippen LogP contribution is 2.42. The smallest absolute Gasteiger partial charge is 0.265 e. The molecule has 0 radical (unpaired) electrons. The first-order valence-corrected chi connectivity index (χ1v) is 15.4. The van der Waals surface area contributed by atoms with E-state index in [1.807, 2.05) is 39.0 Å². The van der Waals surface area contributed by atoms with Crippen molar-refractivity contribution in [2.75, 3.05) is 10.8 Å². The maximum Gasteiger partial charge on any atom is 0.265 e. The molecular weight excluding hydrogens is 557 g/mol. The van der Waals surface area contributed by atoms with E-state index >= 15 is 0 Å². The number of hydrogen-bond donors (Lipinski definition) is 1. The molecule has 4 rings (SSSR count). The second-order valence-electron chi connectivity index (χ2n) is 9.78. The number of nitrogens with zero attached hydrogens (tertiary/aromatic N) is 2. The van der Waals surface area contributed by atoms with Crippen molar-refractivity contribution in [1.82, 2.24) is 10.2 Å². The van der Waals surface area contributed by atoms with Crippen LogP contribution in [-0.4, -0.2) is 43.8 Å². The molecule has 0 aromatic heterocycles. The number of rotatable bonds is 11. The van der Waals surface area contributed by atoms with Gasteiger partial charge in [-0.15, -0.1) is 0 Å². The minimum atomic E-state index is -3.72. The standard InChI is InChI=1S/C29H33Cl2N3O4S/c1-4-19(3)32-29(36)24(5-2)33(18-21-22(30)12-8-13-23(21)31)27(35)16-9-17-34-25-14-6-10-20-11-7-15-26(28(20)25)39(34,37)38/h6-8,10-15,19,24H,4-5,9,16-18H2,1-3H3,(H,32,36)/t19-,24+/m0/s1. The number of anilines is 1. The van der Waals surface area contributed by atoms with Crippen molar-refractivity contribution in [3.8, 4) is 0 Å². The molecule has 2 atom stereocenters.